The van der Waals surface area contributed by atoms with Gasteiger partial charge in [-0.15, -0.1) is 0 Å². The highest BCUT2D eigenvalue weighted by molar-refractivity contribution is 9.10. The number of carbonyl (C=O) groups is 1. The molecular weight excluding hydrogens is 340 g/mol. The van der Waals surface area contributed by atoms with Crippen LogP contribution in [0.4, 0.5) is 0 Å². The van der Waals surface area contributed by atoms with E-state index in [2.05, 4.69) is 20.9 Å². The molecule has 1 heterocycles. The van der Waals surface area contributed by atoms with Gasteiger partial charge in [0.05, 0.1) is 35.4 Å². The molecule has 0 unspecified atom stereocenters. The number of imidazole rings is 1. The van der Waals surface area contributed by atoms with Crippen molar-refractivity contribution in [3.05, 3.63) is 40.4 Å². The summed E-state index contributed by atoms with van der Waals surface area (Å²) in [4.78, 5) is 15.1. The molecule has 1 aromatic carbocycles. The van der Waals surface area contributed by atoms with Gasteiger partial charge in [-0.2, -0.15) is 0 Å². The van der Waals surface area contributed by atoms with Crippen LogP contribution in [0.2, 0.25) is 0 Å². The van der Waals surface area contributed by atoms with Crippen molar-refractivity contribution in [1.29, 1.82) is 0 Å². The number of carboxylic acids is 1. The Hall–Kier alpha value is -2.02. The van der Waals surface area contributed by atoms with Gasteiger partial charge >= 0.3 is 5.97 Å². The molecule has 0 aliphatic carbocycles. The summed E-state index contributed by atoms with van der Waals surface area (Å²) >= 11 is 3.32. The monoisotopic (exact) mass is 354 g/mol. The molecule has 1 aromatic heterocycles. The Morgan fingerprint density at radius 1 is 1.48 bits per heavy atom. The van der Waals surface area contributed by atoms with Crippen LogP contribution in [0, 0.1) is 0 Å². The van der Waals surface area contributed by atoms with Gasteiger partial charge in [0.25, 0.3) is 0 Å². The smallest absolute Gasteiger partial charge is 0.335 e. The van der Waals surface area contributed by atoms with Gasteiger partial charge < -0.3 is 19.1 Å². The van der Waals surface area contributed by atoms with Gasteiger partial charge in [0.1, 0.15) is 6.61 Å². The summed E-state index contributed by atoms with van der Waals surface area (Å²) in [5.41, 5.74) is 1.05. The maximum absolute atomic E-state index is 11.0. The molecular formula is C14H15BrN2O4. The van der Waals surface area contributed by atoms with E-state index in [1.54, 1.807) is 12.5 Å². The minimum atomic E-state index is -1.02. The second-order valence-electron chi connectivity index (χ2n) is 4.25. The number of hydrogen-bond donors (Lipinski definition) is 1. The zero-order valence-corrected chi connectivity index (χ0v) is 13.3. The predicted molar refractivity (Wildman–Crippen MR) is 79.9 cm³/mol. The van der Waals surface area contributed by atoms with Crippen LogP contribution in [-0.2, 0) is 13.2 Å². The zero-order valence-electron chi connectivity index (χ0n) is 11.7. The van der Waals surface area contributed by atoms with Crippen LogP contribution in [0.5, 0.6) is 11.5 Å². The number of aromatic carboxylic acids is 1. The summed E-state index contributed by atoms with van der Waals surface area (Å²) in [6.07, 6.45) is 3.47. The molecule has 0 amide bonds. The number of carboxylic acid groups (broad SMARTS) is 1. The maximum atomic E-state index is 11.0. The van der Waals surface area contributed by atoms with Gasteiger partial charge in [0.2, 0.25) is 0 Å². The summed E-state index contributed by atoms with van der Waals surface area (Å²) in [6, 6.07) is 2.91. The Balaban J connectivity index is 2.25. The van der Waals surface area contributed by atoms with Crippen molar-refractivity contribution in [3.8, 4) is 11.5 Å². The van der Waals surface area contributed by atoms with Crippen molar-refractivity contribution in [2.75, 3.05) is 7.11 Å². The first-order valence-corrected chi connectivity index (χ1v) is 7.08. The Labute approximate surface area is 130 Å². The number of benzene rings is 1. The second-order valence-corrected chi connectivity index (χ2v) is 5.11. The second kappa shape index (κ2) is 6.62. The van der Waals surface area contributed by atoms with E-state index in [1.807, 2.05) is 11.5 Å². The molecule has 0 bridgehead atoms. The van der Waals surface area contributed by atoms with Gasteiger partial charge in [-0.1, -0.05) is 0 Å². The first-order chi connectivity index (χ1) is 10.1. The minimum Gasteiger partial charge on any atom is -0.493 e. The molecule has 0 aliphatic rings. The molecule has 0 radical (unpaired) electrons. The molecule has 0 spiro atoms. The molecule has 0 fully saturated rings. The minimum absolute atomic E-state index is 0.129. The largest absolute Gasteiger partial charge is 0.493 e. The van der Waals surface area contributed by atoms with Crippen LogP contribution in [-0.4, -0.2) is 27.7 Å². The third-order valence-electron chi connectivity index (χ3n) is 2.98. The molecule has 0 saturated carbocycles. The maximum Gasteiger partial charge on any atom is 0.335 e. The number of ether oxygens (including phenoxy) is 2. The molecule has 2 rings (SSSR count). The number of nitrogens with zero attached hydrogens (tertiary/aromatic N) is 2. The van der Waals surface area contributed by atoms with E-state index in [9.17, 15) is 4.79 Å². The van der Waals surface area contributed by atoms with Crippen molar-refractivity contribution < 1.29 is 19.4 Å². The van der Waals surface area contributed by atoms with E-state index in [-0.39, 0.29) is 5.56 Å². The topological polar surface area (TPSA) is 73.6 Å². The van der Waals surface area contributed by atoms with Crippen molar-refractivity contribution in [2.45, 2.75) is 20.1 Å². The first kappa shape index (κ1) is 15.4. The highest BCUT2D eigenvalue weighted by atomic mass is 79.9. The normalized spacial score (nSPS) is 10.4. The van der Waals surface area contributed by atoms with Gasteiger partial charge in [0.15, 0.2) is 11.5 Å². The fourth-order valence-corrected chi connectivity index (χ4v) is 2.44. The molecule has 6 nitrogen and oxygen atoms in total. The number of methoxy groups -OCH3 is 1. The highest BCUT2D eigenvalue weighted by Crippen LogP contribution is 2.37. The van der Waals surface area contributed by atoms with E-state index in [0.717, 1.165) is 12.2 Å². The average Bonchev–Trinajstić information content (AvgIpc) is 2.92. The molecule has 0 aliphatic heterocycles. The van der Waals surface area contributed by atoms with Crippen molar-refractivity contribution in [1.82, 2.24) is 9.55 Å². The lowest BCUT2D eigenvalue weighted by Crippen LogP contribution is -2.06. The van der Waals surface area contributed by atoms with Gasteiger partial charge in [0, 0.05) is 6.54 Å². The highest BCUT2D eigenvalue weighted by Gasteiger charge is 2.15. The third kappa shape index (κ3) is 3.36. The fraction of sp³-hybridized carbons (Fsp3) is 0.286. The predicted octanol–water partition coefficient (Wildman–Crippen LogP) is 2.95. The summed E-state index contributed by atoms with van der Waals surface area (Å²) in [7, 11) is 1.47. The quantitative estimate of drug-likeness (QED) is 0.863. The molecule has 1 N–H and O–H groups in total. The molecule has 2 aromatic rings. The number of aryl methyl sites for hydroxylation is 1. The van der Waals surface area contributed by atoms with E-state index >= 15 is 0 Å². The van der Waals surface area contributed by atoms with Gasteiger partial charge in [-0.3, -0.25) is 0 Å². The Kier molecular flexibility index (Phi) is 4.85. The van der Waals surface area contributed by atoms with Gasteiger partial charge in [-0.25, -0.2) is 9.78 Å². The summed E-state index contributed by atoms with van der Waals surface area (Å²) < 4.78 is 13.5. The third-order valence-corrected chi connectivity index (χ3v) is 3.57. The number of halogens is 1. The van der Waals surface area contributed by atoms with Crippen LogP contribution in [0.3, 0.4) is 0 Å². The standard InChI is InChI=1S/C14H15BrN2O4/c1-3-17-8-16-6-10(17)7-21-13-11(15)4-9(14(18)19)5-12(13)20-2/h4-6,8H,3,7H2,1-2H3,(H,18,19). The molecule has 0 atom stereocenters. The van der Waals surface area contributed by atoms with Crippen LogP contribution in [0.15, 0.2) is 29.1 Å². The lowest BCUT2D eigenvalue weighted by molar-refractivity contribution is 0.0696. The zero-order chi connectivity index (χ0) is 15.4. The molecule has 0 saturated heterocycles. The van der Waals surface area contributed by atoms with E-state index < -0.39 is 5.97 Å². The summed E-state index contributed by atoms with van der Waals surface area (Å²) in [6.45, 7) is 3.13. The van der Waals surface area contributed by atoms with Crippen LogP contribution in [0.25, 0.3) is 0 Å². The SMILES string of the molecule is CCn1cncc1COc1c(Br)cc(C(=O)O)cc1OC. The van der Waals surface area contributed by atoms with E-state index in [1.165, 1.54) is 19.2 Å². The van der Waals surface area contributed by atoms with E-state index in [4.69, 9.17) is 14.6 Å². The molecule has 112 valence electrons. The average molecular weight is 355 g/mol. The lowest BCUT2D eigenvalue weighted by atomic mass is 10.2. The van der Waals surface area contributed by atoms with E-state index in [0.29, 0.717) is 22.6 Å². The van der Waals surface area contributed by atoms with Crippen LogP contribution >= 0.6 is 15.9 Å². The Morgan fingerprint density at radius 3 is 2.86 bits per heavy atom. The van der Waals surface area contributed by atoms with Crippen molar-refractivity contribution in [2.24, 2.45) is 0 Å². The Morgan fingerprint density at radius 2 is 2.24 bits per heavy atom. The summed E-state index contributed by atoms with van der Waals surface area (Å²) in [5, 5.41) is 9.04. The number of hydrogen-bond acceptors (Lipinski definition) is 4. The fourth-order valence-electron chi connectivity index (χ4n) is 1.88. The van der Waals surface area contributed by atoms with Crippen molar-refractivity contribution in [3.63, 3.8) is 0 Å². The van der Waals surface area contributed by atoms with Crippen LogP contribution in [0.1, 0.15) is 23.0 Å². The Bertz CT molecular complexity index is 654. The number of rotatable bonds is 6. The molecule has 21 heavy (non-hydrogen) atoms. The first-order valence-electron chi connectivity index (χ1n) is 6.29. The summed E-state index contributed by atoms with van der Waals surface area (Å²) in [5.74, 6) is -0.194. The van der Waals surface area contributed by atoms with Crippen molar-refractivity contribution >= 4 is 21.9 Å². The molecule has 7 heteroatoms. The van der Waals surface area contributed by atoms with Crippen LogP contribution < -0.4 is 9.47 Å². The lowest BCUT2D eigenvalue weighted by Gasteiger charge is -2.14. The van der Waals surface area contributed by atoms with Gasteiger partial charge in [-0.05, 0) is 35.0 Å². The number of aromatic nitrogens is 2.